The highest BCUT2D eigenvalue weighted by Crippen LogP contribution is 2.31. The van der Waals surface area contributed by atoms with E-state index < -0.39 is 28.9 Å². The van der Waals surface area contributed by atoms with Crippen LogP contribution in [0.4, 0.5) is 0 Å². The average Bonchev–Trinajstić information content (AvgIpc) is 2.58. The quantitative estimate of drug-likeness (QED) is 0.415. The van der Waals surface area contributed by atoms with Gasteiger partial charge in [-0.15, -0.1) is 0 Å². The molecule has 1 amide bonds. The van der Waals surface area contributed by atoms with Crippen molar-refractivity contribution < 1.29 is 35.3 Å². The molecule has 0 spiro atoms. The van der Waals surface area contributed by atoms with Crippen molar-refractivity contribution in [2.45, 2.75) is 44.9 Å². The maximum atomic E-state index is 11.8. The maximum Gasteiger partial charge on any atom is 0.223 e. The van der Waals surface area contributed by atoms with Crippen molar-refractivity contribution in [3.05, 3.63) is 0 Å². The zero-order valence-corrected chi connectivity index (χ0v) is 10.6. The molecule has 1 saturated carbocycles. The summed E-state index contributed by atoms with van der Waals surface area (Å²) in [6.07, 6.45) is -1.51. The van der Waals surface area contributed by atoms with Crippen LogP contribution in [0.2, 0.25) is 0 Å². The topological polar surface area (TPSA) is 135 Å². The SMILES string of the molecule is CC(C)NC(=O)C1C[C@H](ON(O)O)[C@H](ON(O)O)C1. The molecule has 0 aromatic rings. The van der Waals surface area contributed by atoms with Crippen LogP contribution >= 0.6 is 0 Å². The standard InChI is InChI=1S/C9H19N3O7/c1-5(2)10-9(13)6-3-7(18-11(14)15)8(4-6)19-12(16)17/h5-8,14-17H,3-4H2,1-2H3,(H,10,13)/t6?,7-,8+. The Morgan fingerprint density at radius 2 is 1.53 bits per heavy atom. The molecule has 0 heterocycles. The van der Waals surface area contributed by atoms with Gasteiger partial charge in [0.2, 0.25) is 5.91 Å². The summed E-state index contributed by atoms with van der Waals surface area (Å²) in [6, 6.07) is -0.0359. The fourth-order valence-corrected chi connectivity index (χ4v) is 2.04. The van der Waals surface area contributed by atoms with Gasteiger partial charge < -0.3 is 5.32 Å². The highest BCUT2D eigenvalue weighted by molar-refractivity contribution is 5.79. The Bertz CT molecular complexity index is 282. The fraction of sp³-hybridized carbons (Fsp3) is 0.889. The predicted octanol–water partition coefficient (Wildman–Crippen LogP) is -0.318. The minimum atomic E-state index is -0.903. The second-order valence-corrected chi connectivity index (χ2v) is 4.62. The number of nitrogens with one attached hydrogen (secondary N) is 1. The molecule has 0 bridgehead atoms. The number of hydrogen-bond donors (Lipinski definition) is 5. The van der Waals surface area contributed by atoms with Crippen LogP contribution in [0.1, 0.15) is 26.7 Å². The van der Waals surface area contributed by atoms with Gasteiger partial charge in [-0.3, -0.25) is 25.6 Å². The molecule has 19 heavy (non-hydrogen) atoms. The third-order valence-electron chi connectivity index (χ3n) is 2.71. The number of carbonyl (C=O) groups is 1. The van der Waals surface area contributed by atoms with Gasteiger partial charge in [0.05, 0.1) is 10.8 Å². The highest BCUT2D eigenvalue weighted by atomic mass is 17.1. The molecule has 0 radical (unpaired) electrons. The van der Waals surface area contributed by atoms with Crippen LogP contribution in [-0.2, 0) is 14.5 Å². The van der Waals surface area contributed by atoms with Gasteiger partial charge in [0.15, 0.2) is 0 Å². The summed E-state index contributed by atoms with van der Waals surface area (Å²) in [4.78, 5) is 21.0. The fourth-order valence-electron chi connectivity index (χ4n) is 2.04. The maximum absolute atomic E-state index is 11.8. The van der Waals surface area contributed by atoms with E-state index in [9.17, 15) is 4.79 Å². The Morgan fingerprint density at radius 1 is 1.11 bits per heavy atom. The van der Waals surface area contributed by atoms with Gasteiger partial charge in [-0.2, -0.15) is 0 Å². The predicted molar refractivity (Wildman–Crippen MR) is 56.6 cm³/mol. The van der Waals surface area contributed by atoms with E-state index in [0.717, 1.165) is 0 Å². The smallest absolute Gasteiger partial charge is 0.223 e. The first-order valence-electron chi connectivity index (χ1n) is 5.79. The summed E-state index contributed by atoms with van der Waals surface area (Å²) in [5.74, 6) is -0.725. The first-order chi connectivity index (χ1) is 8.79. The second kappa shape index (κ2) is 7.07. The lowest BCUT2D eigenvalue weighted by molar-refractivity contribution is -0.535. The average molecular weight is 281 g/mol. The van der Waals surface area contributed by atoms with Crippen molar-refractivity contribution in [2.24, 2.45) is 5.92 Å². The van der Waals surface area contributed by atoms with Crippen LogP contribution in [0.15, 0.2) is 0 Å². The molecule has 3 atom stereocenters. The number of hydrogen-bond acceptors (Lipinski definition) is 9. The Kier molecular flexibility index (Phi) is 6.03. The van der Waals surface area contributed by atoms with Crippen molar-refractivity contribution in [1.29, 1.82) is 0 Å². The van der Waals surface area contributed by atoms with E-state index >= 15 is 0 Å². The molecular formula is C9H19N3O7. The summed E-state index contributed by atoms with van der Waals surface area (Å²) in [5.41, 5.74) is 0. The van der Waals surface area contributed by atoms with Crippen LogP contribution in [0.3, 0.4) is 0 Å². The molecule has 1 unspecified atom stereocenters. The second-order valence-electron chi connectivity index (χ2n) is 4.62. The van der Waals surface area contributed by atoms with Crippen LogP contribution in [-0.4, -0.2) is 55.8 Å². The number of carbonyl (C=O) groups excluding carboxylic acids is 1. The van der Waals surface area contributed by atoms with E-state index in [1.807, 2.05) is 0 Å². The van der Waals surface area contributed by atoms with E-state index in [0.29, 0.717) is 0 Å². The molecule has 10 heteroatoms. The number of nitrogens with zero attached hydrogens (tertiary/aromatic N) is 2. The van der Waals surface area contributed by atoms with Crippen LogP contribution in [0.25, 0.3) is 0 Å². The summed E-state index contributed by atoms with van der Waals surface area (Å²) in [7, 11) is 0. The van der Waals surface area contributed by atoms with Crippen molar-refractivity contribution >= 4 is 5.91 Å². The molecule has 0 aromatic carbocycles. The van der Waals surface area contributed by atoms with Gasteiger partial charge in [0.25, 0.3) is 0 Å². The van der Waals surface area contributed by atoms with Gasteiger partial charge >= 0.3 is 0 Å². The molecule has 1 rings (SSSR count). The van der Waals surface area contributed by atoms with Gasteiger partial charge in [0.1, 0.15) is 12.2 Å². The van der Waals surface area contributed by atoms with Gasteiger partial charge in [-0.1, -0.05) is 0 Å². The normalized spacial score (nSPS) is 27.5. The van der Waals surface area contributed by atoms with Gasteiger partial charge in [-0.05, 0) is 26.7 Å². The lowest BCUT2D eigenvalue weighted by atomic mass is 10.1. The first-order valence-corrected chi connectivity index (χ1v) is 5.79. The molecule has 5 N–H and O–H groups in total. The highest BCUT2D eigenvalue weighted by Gasteiger charge is 2.42. The molecule has 1 aliphatic rings. The first kappa shape index (κ1) is 16.2. The van der Waals surface area contributed by atoms with Crippen LogP contribution in [0.5, 0.6) is 0 Å². The summed E-state index contributed by atoms with van der Waals surface area (Å²) < 4.78 is 0. The minimum Gasteiger partial charge on any atom is -0.354 e. The molecular weight excluding hydrogens is 262 g/mol. The summed E-state index contributed by atoms with van der Waals surface area (Å²) in [5, 5.41) is 36.1. The largest absolute Gasteiger partial charge is 0.354 e. The third kappa shape index (κ3) is 5.34. The summed E-state index contributed by atoms with van der Waals surface area (Å²) in [6.45, 7) is 3.61. The van der Waals surface area contributed by atoms with Crippen LogP contribution in [0, 0.1) is 5.92 Å². The third-order valence-corrected chi connectivity index (χ3v) is 2.71. The zero-order chi connectivity index (χ0) is 14.6. The van der Waals surface area contributed by atoms with Crippen molar-refractivity contribution in [3.8, 4) is 0 Å². The molecule has 1 aliphatic carbocycles. The van der Waals surface area contributed by atoms with Crippen LogP contribution < -0.4 is 5.32 Å². The molecule has 112 valence electrons. The van der Waals surface area contributed by atoms with Gasteiger partial charge in [0, 0.05) is 12.0 Å². The summed E-state index contributed by atoms with van der Waals surface area (Å²) >= 11 is 0. The zero-order valence-electron chi connectivity index (χ0n) is 10.6. The Morgan fingerprint density at radius 3 is 1.84 bits per heavy atom. The van der Waals surface area contributed by atoms with E-state index in [1.54, 1.807) is 13.8 Å². The monoisotopic (exact) mass is 281 g/mol. The molecule has 0 aliphatic heterocycles. The number of rotatable bonds is 6. The van der Waals surface area contributed by atoms with Crippen molar-refractivity contribution in [1.82, 2.24) is 16.1 Å². The van der Waals surface area contributed by atoms with E-state index in [1.165, 1.54) is 0 Å². The Labute approximate surface area is 109 Å². The molecule has 0 aromatic heterocycles. The van der Waals surface area contributed by atoms with Gasteiger partial charge in [-0.25, -0.2) is 9.68 Å². The lowest BCUT2D eigenvalue weighted by Crippen LogP contribution is -2.35. The Hall–Kier alpha value is -0.850. The van der Waals surface area contributed by atoms with E-state index in [-0.39, 0.29) is 24.8 Å². The van der Waals surface area contributed by atoms with Crippen molar-refractivity contribution in [2.75, 3.05) is 0 Å². The van der Waals surface area contributed by atoms with Crippen molar-refractivity contribution in [3.63, 3.8) is 0 Å². The van der Waals surface area contributed by atoms with E-state index in [2.05, 4.69) is 15.0 Å². The molecule has 10 nitrogen and oxygen atoms in total. The number of amides is 1. The lowest BCUT2D eigenvalue weighted by Gasteiger charge is -2.20. The molecule has 1 fully saturated rings. The molecule has 0 saturated heterocycles. The minimum absolute atomic E-state index is 0.0359. The van der Waals surface area contributed by atoms with E-state index in [4.69, 9.17) is 20.8 Å². The Balaban J connectivity index is 2.62.